The molecule has 3 heterocycles. The normalized spacial score (nSPS) is 23.0. The third-order valence-electron chi connectivity index (χ3n) is 5.08. The van der Waals surface area contributed by atoms with Crippen LogP contribution >= 0.6 is 0 Å². The molecule has 0 saturated carbocycles. The summed E-state index contributed by atoms with van der Waals surface area (Å²) in [6, 6.07) is 2.23. The largest absolute Gasteiger partial charge is 0.381 e. The van der Waals surface area contributed by atoms with Crippen LogP contribution in [0.15, 0.2) is 6.07 Å². The fraction of sp³-hybridized carbons (Fsp3) is 0.778. The molecule has 0 amide bonds. The Kier molecular flexibility index (Phi) is 5.84. The molecule has 128 valence electrons. The third kappa shape index (κ3) is 4.42. The highest BCUT2D eigenvalue weighted by molar-refractivity contribution is 5.41. The molecule has 0 spiro atoms. The van der Waals surface area contributed by atoms with Gasteiger partial charge in [-0.2, -0.15) is 0 Å². The summed E-state index contributed by atoms with van der Waals surface area (Å²) < 4.78 is 5.49. The van der Waals surface area contributed by atoms with E-state index in [0.29, 0.717) is 5.92 Å². The monoisotopic (exact) mass is 318 g/mol. The van der Waals surface area contributed by atoms with Gasteiger partial charge >= 0.3 is 0 Å². The van der Waals surface area contributed by atoms with Gasteiger partial charge in [0.2, 0.25) is 0 Å². The molecule has 3 rings (SSSR count). The third-order valence-corrected chi connectivity index (χ3v) is 5.08. The number of ether oxygens (including phenoxy) is 1. The maximum atomic E-state index is 5.49. The van der Waals surface area contributed by atoms with E-state index in [-0.39, 0.29) is 0 Å². The number of hydrogen-bond donors (Lipinski definition) is 1. The molecule has 1 atom stereocenters. The predicted octanol–water partition coefficient (Wildman–Crippen LogP) is 2.50. The second kappa shape index (κ2) is 8.06. The zero-order valence-electron chi connectivity index (χ0n) is 14.6. The number of piperidine rings is 1. The molecule has 0 bridgehead atoms. The van der Waals surface area contributed by atoms with Gasteiger partial charge in [-0.25, -0.2) is 9.97 Å². The van der Waals surface area contributed by atoms with Crippen molar-refractivity contribution in [1.82, 2.24) is 15.3 Å². The van der Waals surface area contributed by atoms with E-state index < -0.39 is 0 Å². The Hall–Kier alpha value is -1.20. The molecule has 2 aliphatic rings. The average molecular weight is 318 g/mol. The Morgan fingerprint density at radius 3 is 2.78 bits per heavy atom. The standard InChI is InChI=1S/C18H30N4O/c1-3-22(13-15-6-9-23-10-7-15)18-11-17(20-14(2)21-18)16-5-4-8-19-12-16/h11,15-16,19H,3-10,12-13H2,1-2H3/t16-/m1/s1. The van der Waals surface area contributed by atoms with E-state index in [9.17, 15) is 0 Å². The van der Waals surface area contributed by atoms with E-state index in [1.807, 2.05) is 6.92 Å². The van der Waals surface area contributed by atoms with E-state index in [2.05, 4.69) is 23.2 Å². The number of rotatable bonds is 5. The molecule has 1 N–H and O–H groups in total. The quantitative estimate of drug-likeness (QED) is 0.904. The second-order valence-electron chi connectivity index (χ2n) is 6.84. The van der Waals surface area contributed by atoms with Crippen LogP contribution in [0, 0.1) is 12.8 Å². The van der Waals surface area contributed by atoms with Crippen LogP contribution in [0.25, 0.3) is 0 Å². The van der Waals surface area contributed by atoms with E-state index in [4.69, 9.17) is 14.7 Å². The van der Waals surface area contributed by atoms with Crippen molar-refractivity contribution >= 4 is 5.82 Å². The van der Waals surface area contributed by atoms with Crippen LogP contribution in [-0.4, -0.2) is 49.4 Å². The topological polar surface area (TPSA) is 50.3 Å². The maximum Gasteiger partial charge on any atom is 0.132 e. The second-order valence-corrected chi connectivity index (χ2v) is 6.84. The van der Waals surface area contributed by atoms with Gasteiger partial charge in [0, 0.05) is 44.8 Å². The lowest BCUT2D eigenvalue weighted by Crippen LogP contribution is -2.33. The molecule has 2 saturated heterocycles. The maximum absolute atomic E-state index is 5.49. The van der Waals surface area contributed by atoms with Gasteiger partial charge in [-0.1, -0.05) is 0 Å². The number of anilines is 1. The molecular formula is C18H30N4O. The minimum atomic E-state index is 0.533. The summed E-state index contributed by atoms with van der Waals surface area (Å²) in [5.74, 6) is 3.25. The lowest BCUT2D eigenvalue weighted by molar-refractivity contribution is 0.0682. The zero-order valence-corrected chi connectivity index (χ0v) is 14.6. The van der Waals surface area contributed by atoms with E-state index in [1.54, 1.807) is 0 Å². The molecule has 5 heteroatoms. The van der Waals surface area contributed by atoms with Crippen LogP contribution < -0.4 is 10.2 Å². The van der Waals surface area contributed by atoms with Crippen LogP contribution in [0.2, 0.25) is 0 Å². The Morgan fingerprint density at radius 1 is 1.26 bits per heavy atom. The van der Waals surface area contributed by atoms with Crippen molar-refractivity contribution in [3.05, 3.63) is 17.6 Å². The fourth-order valence-corrected chi connectivity index (χ4v) is 3.68. The number of nitrogens with one attached hydrogen (secondary N) is 1. The first-order valence-electron chi connectivity index (χ1n) is 9.15. The Labute approximate surface area is 139 Å². The summed E-state index contributed by atoms with van der Waals surface area (Å²) in [4.78, 5) is 11.9. The van der Waals surface area contributed by atoms with Crippen molar-refractivity contribution in [3.63, 3.8) is 0 Å². The van der Waals surface area contributed by atoms with Crippen molar-refractivity contribution in [1.29, 1.82) is 0 Å². The summed E-state index contributed by atoms with van der Waals surface area (Å²) in [6.45, 7) is 10.3. The van der Waals surface area contributed by atoms with Gasteiger partial charge < -0.3 is 15.0 Å². The highest BCUT2D eigenvalue weighted by atomic mass is 16.5. The number of hydrogen-bond acceptors (Lipinski definition) is 5. The molecule has 0 unspecified atom stereocenters. The summed E-state index contributed by atoms with van der Waals surface area (Å²) in [5, 5.41) is 3.49. The average Bonchev–Trinajstić information content (AvgIpc) is 2.61. The lowest BCUT2D eigenvalue weighted by atomic mass is 9.95. The Morgan fingerprint density at radius 2 is 2.09 bits per heavy atom. The van der Waals surface area contributed by atoms with Gasteiger partial charge in [0.15, 0.2) is 0 Å². The minimum absolute atomic E-state index is 0.533. The fourth-order valence-electron chi connectivity index (χ4n) is 3.68. The van der Waals surface area contributed by atoms with Gasteiger partial charge in [-0.15, -0.1) is 0 Å². The molecule has 0 aliphatic carbocycles. The van der Waals surface area contributed by atoms with Gasteiger partial charge in [0.25, 0.3) is 0 Å². The molecule has 23 heavy (non-hydrogen) atoms. The minimum Gasteiger partial charge on any atom is -0.381 e. The first kappa shape index (κ1) is 16.7. The molecule has 5 nitrogen and oxygen atoms in total. The lowest BCUT2D eigenvalue weighted by Gasteiger charge is -2.30. The van der Waals surface area contributed by atoms with Crippen LogP contribution in [0.3, 0.4) is 0 Å². The van der Waals surface area contributed by atoms with E-state index in [0.717, 1.165) is 57.0 Å². The van der Waals surface area contributed by atoms with Crippen molar-refractivity contribution in [2.45, 2.75) is 45.4 Å². The summed E-state index contributed by atoms with van der Waals surface area (Å²) in [6.07, 6.45) is 4.80. The highest BCUT2D eigenvalue weighted by Crippen LogP contribution is 2.26. The van der Waals surface area contributed by atoms with Crippen LogP contribution in [0.5, 0.6) is 0 Å². The van der Waals surface area contributed by atoms with Crippen LogP contribution in [-0.2, 0) is 4.74 Å². The van der Waals surface area contributed by atoms with Gasteiger partial charge in [0.05, 0.1) is 5.69 Å². The SMILES string of the molecule is CCN(CC1CCOCC1)c1cc([C@@H]2CCCNC2)nc(C)n1. The van der Waals surface area contributed by atoms with E-state index in [1.165, 1.54) is 31.4 Å². The number of nitrogens with zero attached hydrogens (tertiary/aromatic N) is 3. The summed E-state index contributed by atoms with van der Waals surface area (Å²) in [7, 11) is 0. The summed E-state index contributed by atoms with van der Waals surface area (Å²) >= 11 is 0. The van der Waals surface area contributed by atoms with Crippen molar-refractivity contribution in [3.8, 4) is 0 Å². The first-order chi connectivity index (χ1) is 11.3. The zero-order chi connectivity index (χ0) is 16.1. The van der Waals surface area contributed by atoms with Crippen molar-refractivity contribution in [2.75, 3.05) is 44.3 Å². The van der Waals surface area contributed by atoms with Gasteiger partial charge in [0.1, 0.15) is 11.6 Å². The first-order valence-corrected chi connectivity index (χ1v) is 9.15. The molecule has 2 fully saturated rings. The molecule has 2 aliphatic heterocycles. The molecular weight excluding hydrogens is 288 g/mol. The van der Waals surface area contributed by atoms with Crippen LogP contribution in [0.1, 0.15) is 50.0 Å². The Bertz CT molecular complexity index is 496. The molecule has 1 aromatic heterocycles. The Balaban J connectivity index is 1.74. The number of aryl methyl sites for hydroxylation is 1. The molecule has 0 radical (unpaired) electrons. The predicted molar refractivity (Wildman–Crippen MR) is 93.0 cm³/mol. The van der Waals surface area contributed by atoms with Gasteiger partial charge in [-0.05, 0) is 52.0 Å². The highest BCUT2D eigenvalue weighted by Gasteiger charge is 2.21. The smallest absolute Gasteiger partial charge is 0.132 e. The van der Waals surface area contributed by atoms with Crippen molar-refractivity contribution < 1.29 is 4.74 Å². The summed E-state index contributed by atoms with van der Waals surface area (Å²) in [5.41, 5.74) is 1.21. The van der Waals surface area contributed by atoms with E-state index >= 15 is 0 Å². The van der Waals surface area contributed by atoms with Crippen molar-refractivity contribution in [2.24, 2.45) is 5.92 Å². The van der Waals surface area contributed by atoms with Gasteiger partial charge in [-0.3, -0.25) is 0 Å². The number of aromatic nitrogens is 2. The molecule has 1 aromatic rings. The van der Waals surface area contributed by atoms with Crippen LogP contribution in [0.4, 0.5) is 5.82 Å². The molecule has 0 aromatic carbocycles.